The van der Waals surface area contributed by atoms with Crippen molar-refractivity contribution in [3.05, 3.63) is 42.1 Å². The molecule has 0 saturated heterocycles. The predicted octanol–water partition coefficient (Wildman–Crippen LogP) is 3.21. The smallest absolute Gasteiger partial charge is 0.0695 e. The number of aromatic nitrogens is 2. The monoisotopic (exact) mass is 255 g/mol. The lowest BCUT2D eigenvalue weighted by molar-refractivity contribution is 0.462. The fourth-order valence-electron chi connectivity index (χ4n) is 2.57. The molecule has 1 unspecified atom stereocenters. The molecule has 0 radical (unpaired) electrons. The van der Waals surface area contributed by atoms with Crippen molar-refractivity contribution in [1.29, 1.82) is 0 Å². The Hall–Kier alpha value is -1.61. The molecule has 3 nitrogen and oxygen atoms in total. The van der Waals surface area contributed by atoms with Crippen LogP contribution in [0.3, 0.4) is 0 Å². The van der Waals surface area contributed by atoms with Crippen LogP contribution in [0.4, 0.5) is 0 Å². The largest absolute Gasteiger partial charge is 0.312 e. The molecule has 1 aliphatic rings. The fraction of sp³-hybridized carbons (Fsp3) is 0.438. The maximum Gasteiger partial charge on any atom is 0.0695 e. The van der Waals surface area contributed by atoms with Gasteiger partial charge in [0.2, 0.25) is 0 Å². The van der Waals surface area contributed by atoms with Gasteiger partial charge in [0, 0.05) is 12.1 Å². The summed E-state index contributed by atoms with van der Waals surface area (Å²) < 4.78 is 0. The summed E-state index contributed by atoms with van der Waals surface area (Å²) in [5.74, 6) is 1.76. The number of hydrogen-bond donors (Lipinski definition) is 2. The minimum atomic E-state index is 0.798. The minimum Gasteiger partial charge on any atom is -0.312 e. The van der Waals surface area contributed by atoms with Gasteiger partial charge in [0.05, 0.1) is 11.9 Å². The molecule has 2 aromatic rings. The van der Waals surface area contributed by atoms with Crippen molar-refractivity contribution in [2.45, 2.75) is 26.3 Å². The van der Waals surface area contributed by atoms with Crippen LogP contribution in [0.5, 0.6) is 0 Å². The summed E-state index contributed by atoms with van der Waals surface area (Å²) in [6.45, 7) is 4.33. The second-order valence-electron chi connectivity index (χ2n) is 5.58. The van der Waals surface area contributed by atoms with Crippen LogP contribution in [0.1, 0.15) is 25.3 Å². The minimum absolute atomic E-state index is 0.798. The molecule has 1 aromatic carbocycles. The first-order valence-corrected chi connectivity index (χ1v) is 7.13. The van der Waals surface area contributed by atoms with Crippen molar-refractivity contribution < 1.29 is 0 Å². The van der Waals surface area contributed by atoms with E-state index in [1.165, 1.54) is 24.0 Å². The molecule has 1 fully saturated rings. The molecule has 1 atom stereocenters. The Morgan fingerprint density at radius 1 is 1.32 bits per heavy atom. The molecule has 0 bridgehead atoms. The molecule has 1 aromatic heterocycles. The number of nitrogens with zero attached hydrogens (tertiary/aromatic N) is 1. The lowest BCUT2D eigenvalue weighted by atomic mass is 10.1. The van der Waals surface area contributed by atoms with E-state index in [4.69, 9.17) is 0 Å². The quantitative estimate of drug-likeness (QED) is 0.832. The summed E-state index contributed by atoms with van der Waals surface area (Å²) in [5.41, 5.74) is 3.58. The van der Waals surface area contributed by atoms with Gasteiger partial charge in [0.1, 0.15) is 0 Å². The molecule has 3 rings (SSSR count). The number of benzene rings is 1. The molecule has 1 aliphatic carbocycles. The summed E-state index contributed by atoms with van der Waals surface area (Å²) in [6, 6.07) is 10.4. The van der Waals surface area contributed by atoms with Gasteiger partial charge in [-0.2, -0.15) is 5.10 Å². The Morgan fingerprint density at radius 3 is 2.84 bits per heavy atom. The number of H-pyrrole nitrogens is 1. The first-order chi connectivity index (χ1) is 9.34. The van der Waals surface area contributed by atoms with Crippen molar-refractivity contribution in [2.24, 2.45) is 11.8 Å². The van der Waals surface area contributed by atoms with Crippen LogP contribution in [0.2, 0.25) is 0 Å². The molecule has 19 heavy (non-hydrogen) atoms. The van der Waals surface area contributed by atoms with Crippen molar-refractivity contribution in [3.63, 3.8) is 0 Å². The van der Waals surface area contributed by atoms with Gasteiger partial charge in [-0.05, 0) is 36.8 Å². The highest BCUT2D eigenvalue weighted by atomic mass is 15.1. The third kappa shape index (κ3) is 3.04. The van der Waals surface area contributed by atoms with Crippen molar-refractivity contribution in [2.75, 3.05) is 6.54 Å². The molecular weight excluding hydrogens is 234 g/mol. The Kier molecular flexibility index (Phi) is 3.65. The number of hydrogen-bond acceptors (Lipinski definition) is 2. The third-order valence-corrected chi connectivity index (χ3v) is 3.99. The van der Waals surface area contributed by atoms with E-state index in [1.807, 2.05) is 12.3 Å². The van der Waals surface area contributed by atoms with Gasteiger partial charge >= 0.3 is 0 Å². The van der Waals surface area contributed by atoms with Gasteiger partial charge in [-0.1, -0.05) is 37.3 Å². The maximum atomic E-state index is 4.18. The summed E-state index contributed by atoms with van der Waals surface area (Å²) >= 11 is 0. The lowest BCUT2D eigenvalue weighted by Crippen LogP contribution is -2.21. The van der Waals surface area contributed by atoms with Crippen LogP contribution < -0.4 is 5.32 Å². The Bertz CT molecular complexity index is 514. The van der Waals surface area contributed by atoms with Crippen molar-refractivity contribution in [1.82, 2.24) is 15.5 Å². The molecular formula is C16H21N3. The van der Waals surface area contributed by atoms with E-state index in [0.29, 0.717) is 0 Å². The second kappa shape index (κ2) is 5.57. The SMILES string of the molecule is CC(CNCc1cn[nH]c1-c1ccccc1)C1CC1. The zero-order valence-corrected chi connectivity index (χ0v) is 11.4. The van der Waals surface area contributed by atoms with Gasteiger partial charge in [-0.25, -0.2) is 0 Å². The highest BCUT2D eigenvalue weighted by Crippen LogP contribution is 2.36. The van der Waals surface area contributed by atoms with Crippen LogP contribution in [0.15, 0.2) is 36.5 Å². The lowest BCUT2D eigenvalue weighted by Gasteiger charge is -2.11. The normalized spacial score (nSPS) is 16.5. The Labute approximate surface area is 114 Å². The number of rotatable bonds is 6. The number of nitrogens with one attached hydrogen (secondary N) is 2. The van der Waals surface area contributed by atoms with Crippen LogP contribution in [-0.4, -0.2) is 16.7 Å². The average molecular weight is 255 g/mol. The zero-order valence-electron chi connectivity index (χ0n) is 11.4. The maximum absolute atomic E-state index is 4.18. The van der Waals surface area contributed by atoms with E-state index in [2.05, 4.69) is 46.7 Å². The van der Waals surface area contributed by atoms with E-state index < -0.39 is 0 Å². The molecule has 2 N–H and O–H groups in total. The topological polar surface area (TPSA) is 40.7 Å². The van der Waals surface area contributed by atoms with E-state index in [9.17, 15) is 0 Å². The van der Waals surface area contributed by atoms with Crippen molar-refractivity contribution >= 4 is 0 Å². The summed E-state index contributed by atoms with van der Waals surface area (Å²) in [7, 11) is 0. The van der Waals surface area contributed by atoms with Crippen LogP contribution in [0, 0.1) is 11.8 Å². The van der Waals surface area contributed by atoms with E-state index in [1.54, 1.807) is 0 Å². The highest BCUT2D eigenvalue weighted by molar-refractivity contribution is 5.62. The molecule has 1 saturated carbocycles. The van der Waals surface area contributed by atoms with E-state index in [-0.39, 0.29) is 0 Å². The van der Waals surface area contributed by atoms with E-state index >= 15 is 0 Å². The first kappa shape index (κ1) is 12.4. The highest BCUT2D eigenvalue weighted by Gasteiger charge is 2.27. The first-order valence-electron chi connectivity index (χ1n) is 7.13. The van der Waals surface area contributed by atoms with Gasteiger partial charge in [-0.15, -0.1) is 0 Å². The van der Waals surface area contributed by atoms with Gasteiger partial charge in [0.15, 0.2) is 0 Å². The van der Waals surface area contributed by atoms with Gasteiger partial charge in [-0.3, -0.25) is 5.10 Å². The van der Waals surface area contributed by atoms with Crippen LogP contribution >= 0.6 is 0 Å². The zero-order chi connectivity index (χ0) is 13.1. The van der Waals surface area contributed by atoms with Crippen LogP contribution in [-0.2, 0) is 6.54 Å². The molecule has 0 spiro atoms. The van der Waals surface area contributed by atoms with Gasteiger partial charge < -0.3 is 5.32 Å². The number of aromatic amines is 1. The predicted molar refractivity (Wildman–Crippen MR) is 77.6 cm³/mol. The average Bonchev–Trinajstić information content (AvgIpc) is 3.20. The molecule has 1 heterocycles. The Morgan fingerprint density at radius 2 is 2.11 bits per heavy atom. The van der Waals surface area contributed by atoms with Crippen LogP contribution in [0.25, 0.3) is 11.3 Å². The second-order valence-corrected chi connectivity index (χ2v) is 5.58. The summed E-state index contributed by atoms with van der Waals surface area (Å²) in [4.78, 5) is 0. The van der Waals surface area contributed by atoms with Gasteiger partial charge in [0.25, 0.3) is 0 Å². The summed E-state index contributed by atoms with van der Waals surface area (Å²) in [6.07, 6.45) is 4.77. The van der Waals surface area contributed by atoms with E-state index in [0.717, 1.165) is 30.6 Å². The molecule has 100 valence electrons. The third-order valence-electron chi connectivity index (χ3n) is 3.99. The Balaban J connectivity index is 1.60. The molecule has 3 heteroatoms. The molecule has 0 amide bonds. The standard InChI is InChI=1S/C16H21N3/c1-12(13-7-8-13)9-17-10-15-11-18-19-16(15)14-5-3-2-4-6-14/h2-6,11-13,17H,7-10H2,1H3,(H,18,19). The van der Waals surface area contributed by atoms with Crippen molar-refractivity contribution in [3.8, 4) is 11.3 Å². The fourth-order valence-corrected chi connectivity index (χ4v) is 2.57. The molecule has 0 aliphatic heterocycles. The summed E-state index contributed by atoms with van der Waals surface area (Å²) in [5, 5.41) is 10.8.